The van der Waals surface area contributed by atoms with E-state index in [-0.39, 0.29) is 11.4 Å². The van der Waals surface area contributed by atoms with Crippen molar-refractivity contribution >= 4 is 5.97 Å². The number of esters is 1. The fourth-order valence-electron chi connectivity index (χ4n) is 4.86. The third-order valence-corrected chi connectivity index (χ3v) is 7.87. The van der Waals surface area contributed by atoms with E-state index in [9.17, 15) is 4.79 Å². The van der Waals surface area contributed by atoms with Gasteiger partial charge in [-0.15, -0.1) is 0 Å². The molecule has 4 nitrogen and oxygen atoms in total. The number of carbonyl (C=O) groups is 1. The van der Waals surface area contributed by atoms with Crippen LogP contribution in [0, 0.1) is 5.41 Å². The van der Waals surface area contributed by atoms with Crippen molar-refractivity contribution in [1.29, 1.82) is 0 Å². The first-order valence-electron chi connectivity index (χ1n) is 16.9. The number of hydrogen-bond donors (Lipinski definition) is 0. The molecule has 0 bridgehead atoms. The zero-order chi connectivity index (χ0) is 28.0. The summed E-state index contributed by atoms with van der Waals surface area (Å²) in [6, 6.07) is 0. The van der Waals surface area contributed by atoms with Gasteiger partial charge in [0.2, 0.25) is 0 Å². The van der Waals surface area contributed by atoms with E-state index in [0.29, 0.717) is 26.2 Å². The summed E-state index contributed by atoms with van der Waals surface area (Å²) in [7, 11) is 0. The summed E-state index contributed by atoms with van der Waals surface area (Å²) in [5, 5.41) is 0. The van der Waals surface area contributed by atoms with E-state index in [0.717, 1.165) is 45.3 Å². The summed E-state index contributed by atoms with van der Waals surface area (Å²) in [6.45, 7) is 12.2. The van der Waals surface area contributed by atoms with Crippen LogP contribution in [-0.4, -0.2) is 39.0 Å². The molecule has 0 unspecified atom stereocenters. The topological polar surface area (TPSA) is 44.8 Å². The highest BCUT2D eigenvalue weighted by atomic mass is 16.5. The van der Waals surface area contributed by atoms with Crippen LogP contribution in [0.2, 0.25) is 0 Å². The zero-order valence-corrected chi connectivity index (χ0v) is 26.4. The molecule has 0 N–H and O–H groups in total. The van der Waals surface area contributed by atoms with Crippen molar-refractivity contribution < 1.29 is 19.0 Å². The van der Waals surface area contributed by atoms with E-state index in [1.165, 1.54) is 109 Å². The molecule has 0 aromatic carbocycles. The largest absolute Gasteiger partial charge is 0.465 e. The Balaban J connectivity index is 4.39. The normalized spacial score (nSPS) is 11.8. The lowest BCUT2D eigenvalue weighted by molar-refractivity contribution is -0.152. The third kappa shape index (κ3) is 24.4. The highest BCUT2D eigenvalue weighted by Crippen LogP contribution is 2.25. The molecule has 0 aliphatic rings. The van der Waals surface area contributed by atoms with E-state index in [1.807, 2.05) is 0 Å². The van der Waals surface area contributed by atoms with Crippen LogP contribution in [0.3, 0.4) is 0 Å². The highest BCUT2D eigenvalue weighted by molar-refractivity contribution is 5.69. The summed E-state index contributed by atoms with van der Waals surface area (Å²) < 4.78 is 18.1. The Kier molecular flexibility index (Phi) is 28.9. The molecule has 0 saturated carbocycles. The molecule has 0 rings (SSSR count). The lowest BCUT2D eigenvalue weighted by atomic mass is 9.88. The maximum Gasteiger partial charge on any atom is 0.305 e. The van der Waals surface area contributed by atoms with Gasteiger partial charge in [-0.3, -0.25) is 4.79 Å². The van der Waals surface area contributed by atoms with Crippen molar-refractivity contribution in [3.63, 3.8) is 0 Å². The Labute approximate surface area is 238 Å². The van der Waals surface area contributed by atoms with Crippen molar-refractivity contribution in [1.82, 2.24) is 0 Å². The lowest BCUT2D eigenvalue weighted by Crippen LogP contribution is -2.38. The van der Waals surface area contributed by atoms with Crippen LogP contribution in [-0.2, 0) is 19.0 Å². The Hall–Kier alpha value is -0.610. The third-order valence-electron chi connectivity index (χ3n) is 7.87. The van der Waals surface area contributed by atoms with Crippen LogP contribution in [0.4, 0.5) is 0 Å². The predicted molar refractivity (Wildman–Crippen MR) is 164 cm³/mol. The Morgan fingerprint density at radius 3 is 1.24 bits per heavy atom. The van der Waals surface area contributed by atoms with Gasteiger partial charge in [0, 0.05) is 19.6 Å². The Morgan fingerprint density at radius 2 is 0.842 bits per heavy atom. The predicted octanol–water partition coefficient (Wildman–Crippen LogP) is 10.6. The minimum absolute atomic E-state index is 0.0597. The maximum atomic E-state index is 12.5. The van der Waals surface area contributed by atoms with Crippen LogP contribution in [0.1, 0.15) is 175 Å². The number of hydrogen-bond acceptors (Lipinski definition) is 4. The van der Waals surface area contributed by atoms with Crippen molar-refractivity contribution in [3.05, 3.63) is 0 Å². The second-order valence-electron chi connectivity index (χ2n) is 11.7. The maximum absolute atomic E-state index is 12.5. The summed E-state index contributed by atoms with van der Waals surface area (Å²) in [6.07, 6.45) is 27.9. The average molecular weight is 541 g/mol. The van der Waals surface area contributed by atoms with E-state index in [1.54, 1.807) is 0 Å². The van der Waals surface area contributed by atoms with Gasteiger partial charge >= 0.3 is 5.97 Å². The van der Waals surface area contributed by atoms with Crippen molar-refractivity contribution in [2.24, 2.45) is 5.41 Å². The number of carbonyl (C=O) groups excluding carboxylic acids is 1. The molecule has 0 fully saturated rings. The molecule has 0 aromatic rings. The van der Waals surface area contributed by atoms with Crippen LogP contribution in [0.5, 0.6) is 0 Å². The van der Waals surface area contributed by atoms with Crippen LogP contribution >= 0.6 is 0 Å². The van der Waals surface area contributed by atoms with Crippen molar-refractivity contribution in [2.45, 2.75) is 175 Å². The molecule has 38 heavy (non-hydrogen) atoms. The van der Waals surface area contributed by atoms with E-state index in [2.05, 4.69) is 27.7 Å². The molecule has 0 aromatic heterocycles. The highest BCUT2D eigenvalue weighted by Gasteiger charge is 2.31. The molecule has 0 spiro atoms. The van der Waals surface area contributed by atoms with Gasteiger partial charge < -0.3 is 14.2 Å². The molecule has 0 atom stereocenters. The minimum atomic E-state index is -0.238. The average Bonchev–Trinajstić information content (AvgIpc) is 2.93. The van der Waals surface area contributed by atoms with Gasteiger partial charge in [-0.2, -0.15) is 0 Å². The van der Waals surface area contributed by atoms with Crippen LogP contribution in [0.15, 0.2) is 0 Å². The molecule has 0 radical (unpaired) electrons. The first kappa shape index (κ1) is 37.4. The van der Waals surface area contributed by atoms with Crippen LogP contribution in [0.25, 0.3) is 0 Å². The van der Waals surface area contributed by atoms with Crippen LogP contribution < -0.4 is 0 Å². The lowest BCUT2D eigenvalue weighted by Gasteiger charge is -2.32. The smallest absolute Gasteiger partial charge is 0.305 e. The summed E-state index contributed by atoms with van der Waals surface area (Å²) >= 11 is 0. The molecule has 0 aliphatic carbocycles. The second-order valence-corrected chi connectivity index (χ2v) is 11.7. The first-order chi connectivity index (χ1) is 18.6. The quantitative estimate of drug-likeness (QED) is 0.0648. The Morgan fingerprint density at radius 1 is 0.474 bits per heavy atom. The summed E-state index contributed by atoms with van der Waals surface area (Å²) in [5.41, 5.74) is -0.238. The fraction of sp³-hybridized carbons (Fsp3) is 0.971. The van der Waals surface area contributed by atoms with Gasteiger partial charge in [-0.25, -0.2) is 0 Å². The molecular formula is C34H68O4. The Bertz CT molecular complexity index is 457. The van der Waals surface area contributed by atoms with E-state index in [4.69, 9.17) is 14.2 Å². The summed E-state index contributed by atoms with van der Waals surface area (Å²) in [4.78, 5) is 12.5. The monoisotopic (exact) mass is 541 g/mol. The van der Waals surface area contributed by atoms with Gasteiger partial charge in [-0.05, 0) is 25.7 Å². The number of unbranched alkanes of at least 4 members (excludes halogenated alkanes) is 18. The molecule has 0 aliphatic heterocycles. The SMILES string of the molecule is CCCCCCCCCOCC(CC)(COCCCCCCCCC)COC(=O)CCCCCCCCC. The zero-order valence-electron chi connectivity index (χ0n) is 26.4. The molecular weight excluding hydrogens is 472 g/mol. The first-order valence-corrected chi connectivity index (χ1v) is 16.9. The van der Waals surface area contributed by atoms with Gasteiger partial charge in [-0.1, -0.05) is 143 Å². The molecule has 228 valence electrons. The fourth-order valence-corrected chi connectivity index (χ4v) is 4.86. The van der Waals surface area contributed by atoms with Crippen molar-refractivity contribution in [3.8, 4) is 0 Å². The van der Waals surface area contributed by atoms with E-state index < -0.39 is 0 Å². The molecule has 0 saturated heterocycles. The number of rotatable bonds is 31. The molecule has 4 heteroatoms. The number of ether oxygens (including phenoxy) is 3. The van der Waals surface area contributed by atoms with E-state index >= 15 is 0 Å². The summed E-state index contributed by atoms with van der Waals surface area (Å²) in [5.74, 6) is -0.0597. The van der Waals surface area contributed by atoms with Gasteiger partial charge in [0.25, 0.3) is 0 Å². The standard InChI is InChI=1S/C34H68O4/c1-5-9-12-15-18-21-24-27-33(35)38-32-34(8-4,30-36-28-25-22-19-16-13-10-6-2)31-37-29-26-23-20-17-14-11-7-3/h5-32H2,1-4H3. The van der Waals surface area contributed by atoms with Crippen molar-refractivity contribution in [2.75, 3.05) is 33.0 Å². The minimum Gasteiger partial charge on any atom is -0.465 e. The van der Waals surface area contributed by atoms with Gasteiger partial charge in [0.1, 0.15) is 6.61 Å². The second kappa shape index (κ2) is 29.4. The van der Waals surface area contributed by atoms with Gasteiger partial charge in [0.15, 0.2) is 0 Å². The van der Waals surface area contributed by atoms with Gasteiger partial charge in [0.05, 0.1) is 18.6 Å². The molecule has 0 heterocycles. The molecule has 0 amide bonds.